The molecule has 0 saturated heterocycles. The van der Waals surface area contributed by atoms with Crippen LogP contribution in [0.4, 0.5) is 0 Å². The fourth-order valence-corrected chi connectivity index (χ4v) is 4.02. The molecule has 1 N–H and O–H groups in total. The molecule has 0 spiro atoms. The SMILES string of the molecule is CC(C)(C)C(=O)CCOCCOCCNS(=O)(=O)c1cccc(Cc2cn(C(C)(C)C)nn2)c1. The molecule has 34 heavy (non-hydrogen) atoms. The molecule has 1 aromatic heterocycles. The topological polar surface area (TPSA) is 112 Å². The summed E-state index contributed by atoms with van der Waals surface area (Å²) in [7, 11) is -3.66. The minimum absolute atomic E-state index is 0.148. The van der Waals surface area contributed by atoms with Crippen LogP contribution in [-0.2, 0) is 36.3 Å². The maximum Gasteiger partial charge on any atom is 0.240 e. The van der Waals surface area contributed by atoms with Crippen molar-refractivity contribution in [1.29, 1.82) is 0 Å². The minimum atomic E-state index is -3.66. The van der Waals surface area contributed by atoms with Crippen molar-refractivity contribution in [2.45, 2.75) is 64.8 Å². The van der Waals surface area contributed by atoms with Gasteiger partial charge in [0.1, 0.15) is 5.78 Å². The van der Waals surface area contributed by atoms with Gasteiger partial charge in [0.15, 0.2) is 0 Å². The van der Waals surface area contributed by atoms with Crippen LogP contribution in [0.2, 0.25) is 0 Å². The second-order valence-electron chi connectivity index (χ2n) is 10.2. The smallest absolute Gasteiger partial charge is 0.240 e. The molecule has 10 heteroatoms. The molecule has 1 aromatic carbocycles. The number of hydrogen-bond acceptors (Lipinski definition) is 7. The van der Waals surface area contributed by atoms with Gasteiger partial charge in [0.05, 0.1) is 42.6 Å². The monoisotopic (exact) mass is 494 g/mol. The molecule has 1 heterocycles. The highest BCUT2D eigenvalue weighted by Gasteiger charge is 2.20. The molecule has 0 aliphatic carbocycles. The van der Waals surface area contributed by atoms with Crippen molar-refractivity contribution < 1.29 is 22.7 Å². The third-order valence-corrected chi connectivity index (χ3v) is 6.50. The normalized spacial score (nSPS) is 12.8. The Morgan fingerprint density at radius 2 is 1.71 bits per heavy atom. The van der Waals surface area contributed by atoms with E-state index in [9.17, 15) is 13.2 Å². The van der Waals surface area contributed by atoms with Gasteiger partial charge >= 0.3 is 0 Å². The summed E-state index contributed by atoms with van der Waals surface area (Å²) in [6.07, 6.45) is 2.74. The van der Waals surface area contributed by atoms with E-state index in [1.807, 2.05) is 53.8 Å². The van der Waals surface area contributed by atoms with E-state index in [1.54, 1.807) is 22.9 Å². The first-order valence-electron chi connectivity index (χ1n) is 11.5. The molecule has 0 aliphatic rings. The van der Waals surface area contributed by atoms with Gasteiger partial charge in [0.2, 0.25) is 10.0 Å². The first kappa shape index (κ1) is 28.1. The van der Waals surface area contributed by atoms with Crippen LogP contribution in [0.15, 0.2) is 35.4 Å². The lowest BCUT2D eigenvalue weighted by Crippen LogP contribution is -2.28. The summed E-state index contributed by atoms with van der Waals surface area (Å²) in [5, 5.41) is 8.34. The molecule has 0 bridgehead atoms. The van der Waals surface area contributed by atoms with E-state index in [4.69, 9.17) is 9.47 Å². The average molecular weight is 495 g/mol. The van der Waals surface area contributed by atoms with Gasteiger partial charge in [-0.15, -0.1) is 5.10 Å². The van der Waals surface area contributed by atoms with Crippen molar-refractivity contribution in [3.63, 3.8) is 0 Å². The summed E-state index contributed by atoms with van der Waals surface area (Å²) in [5.74, 6) is 0.156. The molecule has 0 unspecified atom stereocenters. The standard InChI is InChI=1S/C24H38N4O5S/c1-23(2,3)22(29)10-12-32-14-15-33-13-11-25-34(30,31)21-9-7-8-19(17-21)16-20-18-28(27-26-20)24(4,5)6/h7-9,17-18,25H,10-16H2,1-6H3. The van der Waals surface area contributed by atoms with Gasteiger partial charge in [-0.3, -0.25) is 4.79 Å². The number of Topliss-reactive ketones (excluding diaryl/α,β-unsaturated/α-hetero) is 1. The summed E-state index contributed by atoms with van der Waals surface area (Å²) in [4.78, 5) is 12.0. The summed E-state index contributed by atoms with van der Waals surface area (Å²) >= 11 is 0. The number of hydrogen-bond donors (Lipinski definition) is 1. The fraction of sp³-hybridized carbons (Fsp3) is 0.625. The number of carbonyl (C=O) groups is 1. The Balaban J connectivity index is 1.73. The van der Waals surface area contributed by atoms with Gasteiger partial charge in [-0.25, -0.2) is 17.8 Å². The highest BCUT2D eigenvalue weighted by molar-refractivity contribution is 7.89. The third-order valence-electron chi connectivity index (χ3n) is 5.04. The Morgan fingerprint density at radius 1 is 1.03 bits per heavy atom. The summed E-state index contributed by atoms with van der Waals surface area (Å²) in [5.41, 5.74) is 1.08. The zero-order chi connectivity index (χ0) is 25.4. The Kier molecular flexibility index (Phi) is 9.93. The van der Waals surface area contributed by atoms with Crippen molar-refractivity contribution in [1.82, 2.24) is 19.7 Å². The summed E-state index contributed by atoms with van der Waals surface area (Å²) in [6.45, 7) is 13.2. The molecule has 9 nitrogen and oxygen atoms in total. The maximum atomic E-state index is 12.6. The largest absolute Gasteiger partial charge is 0.379 e. The molecule has 0 saturated carbocycles. The molecule has 0 fully saturated rings. The first-order valence-corrected chi connectivity index (χ1v) is 13.0. The second kappa shape index (κ2) is 12.0. The van der Waals surface area contributed by atoms with Crippen LogP contribution in [0.5, 0.6) is 0 Å². The van der Waals surface area contributed by atoms with E-state index in [1.165, 1.54) is 0 Å². The van der Waals surface area contributed by atoms with E-state index < -0.39 is 10.0 Å². The molecular formula is C24H38N4O5S. The number of carbonyl (C=O) groups excluding carboxylic acids is 1. The molecule has 0 atom stereocenters. The highest BCUT2D eigenvalue weighted by Crippen LogP contribution is 2.17. The predicted molar refractivity (Wildman–Crippen MR) is 130 cm³/mol. The zero-order valence-corrected chi connectivity index (χ0v) is 21.9. The summed E-state index contributed by atoms with van der Waals surface area (Å²) < 4.78 is 40.4. The average Bonchev–Trinajstić information content (AvgIpc) is 3.21. The molecule has 0 radical (unpaired) electrons. The minimum Gasteiger partial charge on any atom is -0.379 e. The van der Waals surface area contributed by atoms with Crippen LogP contribution in [0.3, 0.4) is 0 Å². The van der Waals surface area contributed by atoms with Gasteiger partial charge in [0, 0.05) is 31.0 Å². The number of sulfonamides is 1. The second-order valence-corrected chi connectivity index (χ2v) is 12.0. The maximum absolute atomic E-state index is 12.6. The first-order chi connectivity index (χ1) is 15.8. The fourth-order valence-electron chi connectivity index (χ4n) is 2.93. The molecule has 0 amide bonds. The van der Waals surface area contributed by atoms with E-state index in [0.717, 1.165) is 11.3 Å². The van der Waals surface area contributed by atoms with E-state index in [-0.39, 0.29) is 34.8 Å². The number of benzene rings is 1. The zero-order valence-electron chi connectivity index (χ0n) is 21.1. The number of ether oxygens (including phenoxy) is 2. The van der Waals surface area contributed by atoms with Crippen molar-refractivity contribution in [3.8, 4) is 0 Å². The van der Waals surface area contributed by atoms with Gasteiger partial charge in [-0.05, 0) is 38.5 Å². The lowest BCUT2D eigenvalue weighted by atomic mass is 9.89. The lowest BCUT2D eigenvalue weighted by Gasteiger charge is -2.17. The van der Waals surface area contributed by atoms with Gasteiger partial charge in [-0.1, -0.05) is 38.1 Å². The Hall–Kier alpha value is -2.14. The Morgan fingerprint density at radius 3 is 2.32 bits per heavy atom. The molecule has 190 valence electrons. The predicted octanol–water partition coefficient (Wildman–Crippen LogP) is 2.94. The highest BCUT2D eigenvalue weighted by atomic mass is 32.2. The van der Waals surface area contributed by atoms with E-state index in [2.05, 4.69) is 15.0 Å². The van der Waals surface area contributed by atoms with Gasteiger partial charge in [0.25, 0.3) is 0 Å². The van der Waals surface area contributed by atoms with Crippen LogP contribution in [0.25, 0.3) is 0 Å². The lowest BCUT2D eigenvalue weighted by molar-refractivity contribution is -0.127. The van der Waals surface area contributed by atoms with Crippen LogP contribution in [0, 0.1) is 5.41 Å². The molecule has 0 aliphatic heterocycles. The Labute approximate surface area is 203 Å². The summed E-state index contributed by atoms with van der Waals surface area (Å²) in [6, 6.07) is 6.79. The van der Waals surface area contributed by atoms with Crippen LogP contribution in [0.1, 0.15) is 59.2 Å². The van der Waals surface area contributed by atoms with Crippen molar-refractivity contribution in [2.75, 3.05) is 33.0 Å². The number of ketones is 1. The van der Waals surface area contributed by atoms with Crippen LogP contribution in [-0.4, -0.2) is 62.2 Å². The van der Waals surface area contributed by atoms with Crippen LogP contribution >= 0.6 is 0 Å². The number of nitrogens with zero attached hydrogens (tertiary/aromatic N) is 3. The number of nitrogens with one attached hydrogen (secondary N) is 1. The Bertz CT molecular complexity index is 1040. The van der Waals surface area contributed by atoms with Crippen molar-refractivity contribution in [3.05, 3.63) is 41.7 Å². The number of aromatic nitrogens is 3. The third kappa shape index (κ3) is 9.25. The molecule has 2 rings (SSSR count). The quantitative estimate of drug-likeness (QED) is 0.426. The van der Waals surface area contributed by atoms with Crippen molar-refractivity contribution >= 4 is 15.8 Å². The molecule has 2 aromatic rings. The van der Waals surface area contributed by atoms with Gasteiger partial charge in [-0.2, -0.15) is 0 Å². The van der Waals surface area contributed by atoms with E-state index >= 15 is 0 Å². The number of rotatable bonds is 13. The van der Waals surface area contributed by atoms with Gasteiger partial charge < -0.3 is 9.47 Å². The molecular weight excluding hydrogens is 456 g/mol. The van der Waals surface area contributed by atoms with Crippen molar-refractivity contribution in [2.24, 2.45) is 5.41 Å². The van der Waals surface area contributed by atoms with E-state index in [0.29, 0.717) is 32.7 Å². The van der Waals surface area contributed by atoms with Crippen LogP contribution < -0.4 is 4.72 Å².